The fraction of sp³-hybridized carbons (Fsp3) is 0.310. The molecule has 3 aromatic rings. The molecule has 0 unspecified atom stereocenters. The molecule has 0 bridgehead atoms. The van der Waals surface area contributed by atoms with Crippen LogP contribution in [0, 0.1) is 13.8 Å². The van der Waals surface area contributed by atoms with E-state index in [2.05, 4.69) is 5.32 Å². The van der Waals surface area contributed by atoms with Crippen LogP contribution in [-0.4, -0.2) is 35.4 Å². The summed E-state index contributed by atoms with van der Waals surface area (Å²) >= 11 is 0. The van der Waals surface area contributed by atoms with Crippen LogP contribution in [0.15, 0.2) is 78.9 Å². The highest BCUT2D eigenvalue weighted by Gasteiger charge is 2.31. The van der Waals surface area contributed by atoms with E-state index in [0.29, 0.717) is 18.7 Å². The number of hydrogen-bond donors (Lipinski definition) is 1. The lowest BCUT2D eigenvalue weighted by Crippen LogP contribution is -2.52. The molecule has 178 valence electrons. The van der Waals surface area contributed by atoms with Gasteiger partial charge < -0.3 is 15.0 Å². The van der Waals surface area contributed by atoms with Crippen molar-refractivity contribution in [3.8, 4) is 5.75 Å². The highest BCUT2D eigenvalue weighted by Crippen LogP contribution is 2.17. The van der Waals surface area contributed by atoms with Crippen molar-refractivity contribution in [1.82, 2.24) is 10.2 Å². The summed E-state index contributed by atoms with van der Waals surface area (Å²) < 4.78 is 5.82. The maximum Gasteiger partial charge on any atom is 0.261 e. The van der Waals surface area contributed by atoms with Gasteiger partial charge in [-0.2, -0.15) is 0 Å². The molecule has 0 spiro atoms. The van der Waals surface area contributed by atoms with Gasteiger partial charge in [0.05, 0.1) is 0 Å². The Morgan fingerprint density at radius 2 is 1.56 bits per heavy atom. The van der Waals surface area contributed by atoms with Gasteiger partial charge in [-0.3, -0.25) is 9.59 Å². The largest absolute Gasteiger partial charge is 0.484 e. The molecular weight excluding hydrogens is 424 g/mol. The Morgan fingerprint density at radius 1 is 0.853 bits per heavy atom. The van der Waals surface area contributed by atoms with Gasteiger partial charge in [0, 0.05) is 19.0 Å². The number of aryl methyl sites for hydroxylation is 2. The zero-order valence-corrected chi connectivity index (χ0v) is 20.5. The highest BCUT2D eigenvalue weighted by atomic mass is 16.5. The first-order chi connectivity index (χ1) is 16.3. The van der Waals surface area contributed by atoms with Crippen LogP contribution >= 0.6 is 0 Å². The van der Waals surface area contributed by atoms with Crippen LogP contribution in [0.5, 0.6) is 5.75 Å². The lowest BCUT2D eigenvalue weighted by Gasteiger charge is -2.32. The second-order valence-electron chi connectivity index (χ2n) is 8.98. The summed E-state index contributed by atoms with van der Waals surface area (Å²) in [6.45, 7) is 8.02. The number of benzene rings is 3. The van der Waals surface area contributed by atoms with Gasteiger partial charge in [-0.25, -0.2) is 0 Å². The van der Waals surface area contributed by atoms with Gasteiger partial charge in [0.15, 0.2) is 6.61 Å². The van der Waals surface area contributed by atoms with Gasteiger partial charge in [0.25, 0.3) is 5.91 Å². The molecule has 2 amide bonds. The lowest BCUT2D eigenvalue weighted by molar-refractivity contribution is -0.143. The topological polar surface area (TPSA) is 58.6 Å². The standard InChI is InChI=1S/C29H34N2O3/c1-21(2)30-29(33)27(18-24-10-6-5-7-11-24)31(19-25-15-13-22(3)14-16-25)28(32)20-34-26-12-8-9-23(4)17-26/h5-17,21,27H,18-20H2,1-4H3,(H,30,33)/t27-/m0/s1. The molecule has 0 aromatic heterocycles. The molecule has 0 heterocycles. The number of ether oxygens (including phenoxy) is 1. The van der Waals surface area contributed by atoms with Crippen molar-refractivity contribution in [1.29, 1.82) is 0 Å². The molecule has 0 saturated carbocycles. The molecule has 0 fully saturated rings. The minimum atomic E-state index is -0.667. The van der Waals surface area contributed by atoms with Crippen molar-refractivity contribution in [2.24, 2.45) is 0 Å². The van der Waals surface area contributed by atoms with Crippen LogP contribution in [0.4, 0.5) is 0 Å². The summed E-state index contributed by atoms with van der Waals surface area (Å²) in [5, 5.41) is 3.00. The number of carbonyl (C=O) groups is 2. The first-order valence-corrected chi connectivity index (χ1v) is 11.7. The van der Waals surface area contributed by atoms with E-state index < -0.39 is 6.04 Å². The Bertz CT molecular complexity index is 1080. The molecule has 5 nitrogen and oxygen atoms in total. The van der Waals surface area contributed by atoms with E-state index in [-0.39, 0.29) is 24.5 Å². The Labute approximate surface area is 202 Å². The molecule has 3 aromatic carbocycles. The van der Waals surface area contributed by atoms with Crippen molar-refractivity contribution in [2.75, 3.05) is 6.61 Å². The van der Waals surface area contributed by atoms with Gasteiger partial charge in [-0.1, -0.05) is 72.3 Å². The second kappa shape index (κ2) is 12.0. The summed E-state index contributed by atoms with van der Waals surface area (Å²) in [6.07, 6.45) is 0.418. The minimum absolute atomic E-state index is 0.0364. The molecule has 3 rings (SSSR count). The van der Waals surface area contributed by atoms with Crippen molar-refractivity contribution >= 4 is 11.8 Å². The number of nitrogens with one attached hydrogen (secondary N) is 1. The summed E-state index contributed by atoms with van der Waals surface area (Å²) in [5.74, 6) is 0.228. The van der Waals surface area contributed by atoms with Crippen LogP contribution in [0.25, 0.3) is 0 Å². The fourth-order valence-corrected chi connectivity index (χ4v) is 3.76. The van der Waals surface area contributed by atoms with Crippen LogP contribution in [0.3, 0.4) is 0 Å². The quantitative estimate of drug-likeness (QED) is 0.473. The molecular formula is C29H34N2O3. The van der Waals surface area contributed by atoms with E-state index in [1.807, 2.05) is 107 Å². The molecule has 1 atom stereocenters. The van der Waals surface area contributed by atoms with Crippen LogP contribution < -0.4 is 10.1 Å². The van der Waals surface area contributed by atoms with E-state index >= 15 is 0 Å². The average molecular weight is 459 g/mol. The van der Waals surface area contributed by atoms with E-state index in [4.69, 9.17) is 4.74 Å². The first kappa shape index (κ1) is 25.0. The average Bonchev–Trinajstić information content (AvgIpc) is 2.81. The summed E-state index contributed by atoms with van der Waals surface area (Å²) in [6, 6.07) is 24.7. The predicted octanol–water partition coefficient (Wildman–Crippen LogP) is 4.85. The van der Waals surface area contributed by atoms with Crippen molar-refractivity contribution in [2.45, 2.75) is 52.7 Å². The third-order valence-corrected chi connectivity index (χ3v) is 5.53. The molecule has 34 heavy (non-hydrogen) atoms. The van der Waals surface area contributed by atoms with E-state index in [1.165, 1.54) is 0 Å². The first-order valence-electron chi connectivity index (χ1n) is 11.7. The summed E-state index contributed by atoms with van der Waals surface area (Å²) in [5.41, 5.74) is 4.15. The third kappa shape index (κ3) is 7.48. The lowest BCUT2D eigenvalue weighted by atomic mass is 10.0. The van der Waals surface area contributed by atoms with Gasteiger partial charge in [-0.15, -0.1) is 0 Å². The van der Waals surface area contributed by atoms with Crippen molar-refractivity contribution < 1.29 is 14.3 Å². The van der Waals surface area contributed by atoms with Crippen LogP contribution in [0.2, 0.25) is 0 Å². The number of nitrogens with zero attached hydrogens (tertiary/aromatic N) is 1. The number of amides is 2. The van der Waals surface area contributed by atoms with E-state index in [0.717, 1.165) is 22.3 Å². The second-order valence-corrected chi connectivity index (χ2v) is 8.98. The molecule has 5 heteroatoms. The van der Waals surface area contributed by atoms with E-state index in [9.17, 15) is 9.59 Å². The SMILES string of the molecule is Cc1ccc(CN(C(=O)COc2cccc(C)c2)[C@@H](Cc2ccccc2)C(=O)NC(C)C)cc1. The van der Waals surface area contributed by atoms with Gasteiger partial charge in [0.2, 0.25) is 5.91 Å². The number of rotatable bonds is 10. The monoisotopic (exact) mass is 458 g/mol. The summed E-state index contributed by atoms with van der Waals surface area (Å²) in [7, 11) is 0. The molecule has 0 saturated heterocycles. The Hall–Kier alpha value is -3.60. The van der Waals surface area contributed by atoms with Crippen molar-refractivity contribution in [3.05, 3.63) is 101 Å². The zero-order valence-electron chi connectivity index (χ0n) is 20.5. The molecule has 0 aliphatic heterocycles. The molecule has 1 N–H and O–H groups in total. The predicted molar refractivity (Wildman–Crippen MR) is 136 cm³/mol. The minimum Gasteiger partial charge on any atom is -0.484 e. The zero-order chi connectivity index (χ0) is 24.5. The maximum atomic E-state index is 13.5. The maximum absolute atomic E-state index is 13.5. The van der Waals surface area contributed by atoms with Crippen LogP contribution in [0.1, 0.15) is 36.1 Å². The number of carbonyl (C=O) groups excluding carboxylic acids is 2. The van der Waals surface area contributed by atoms with Crippen molar-refractivity contribution in [3.63, 3.8) is 0 Å². The van der Waals surface area contributed by atoms with E-state index in [1.54, 1.807) is 4.90 Å². The normalized spacial score (nSPS) is 11.7. The third-order valence-electron chi connectivity index (χ3n) is 5.53. The van der Waals surface area contributed by atoms with Gasteiger partial charge in [-0.05, 0) is 56.5 Å². The van der Waals surface area contributed by atoms with Gasteiger partial charge in [0.1, 0.15) is 11.8 Å². The Kier molecular flexibility index (Phi) is 8.86. The van der Waals surface area contributed by atoms with Gasteiger partial charge >= 0.3 is 0 Å². The Balaban J connectivity index is 1.90. The Morgan fingerprint density at radius 3 is 2.21 bits per heavy atom. The van der Waals surface area contributed by atoms with Crippen LogP contribution in [-0.2, 0) is 22.6 Å². The molecule has 0 aliphatic rings. The number of hydrogen-bond acceptors (Lipinski definition) is 3. The molecule has 0 aliphatic carbocycles. The fourth-order valence-electron chi connectivity index (χ4n) is 3.76. The summed E-state index contributed by atoms with van der Waals surface area (Å²) in [4.78, 5) is 28.5. The smallest absolute Gasteiger partial charge is 0.261 e. The molecule has 0 radical (unpaired) electrons. The highest BCUT2D eigenvalue weighted by molar-refractivity contribution is 5.88.